The number of nitro groups is 1. The van der Waals surface area contributed by atoms with E-state index in [0.29, 0.717) is 5.69 Å². The summed E-state index contributed by atoms with van der Waals surface area (Å²) in [6.07, 6.45) is 8.02. The van der Waals surface area contributed by atoms with E-state index < -0.39 is 4.92 Å². The minimum absolute atomic E-state index is 0.0672. The van der Waals surface area contributed by atoms with Crippen molar-refractivity contribution in [3.63, 3.8) is 0 Å². The van der Waals surface area contributed by atoms with Gasteiger partial charge in [-0.1, -0.05) is 29.8 Å². The van der Waals surface area contributed by atoms with E-state index in [9.17, 15) is 10.1 Å². The molecule has 1 aromatic rings. The number of hydrogen-bond acceptors (Lipinski definition) is 3. The third-order valence-corrected chi connectivity index (χ3v) is 2.59. The van der Waals surface area contributed by atoms with Crippen LogP contribution in [0.15, 0.2) is 30.4 Å². The summed E-state index contributed by atoms with van der Waals surface area (Å²) in [6.45, 7) is 0. The van der Waals surface area contributed by atoms with Crippen LogP contribution in [-0.4, -0.2) is 9.91 Å². The molecule has 0 saturated carbocycles. The summed E-state index contributed by atoms with van der Waals surface area (Å²) in [5, 5.41) is 10.5. The van der Waals surface area contributed by atoms with E-state index >= 15 is 0 Å². The second kappa shape index (κ2) is 4.45. The van der Waals surface area contributed by atoms with Gasteiger partial charge in [-0.05, 0) is 24.5 Å². The number of halogens is 1. The van der Waals surface area contributed by atoms with Gasteiger partial charge in [0, 0.05) is 6.07 Å². The molecule has 5 heteroatoms. The van der Waals surface area contributed by atoms with Crippen LogP contribution in [-0.2, 0) is 0 Å². The summed E-state index contributed by atoms with van der Waals surface area (Å²) in [4.78, 5) is 14.0. The van der Waals surface area contributed by atoms with Crippen molar-refractivity contribution in [1.29, 1.82) is 0 Å². The van der Waals surface area contributed by atoms with Crippen LogP contribution in [0.1, 0.15) is 18.5 Å². The van der Waals surface area contributed by atoms with Gasteiger partial charge in [-0.2, -0.15) is 0 Å². The fourth-order valence-corrected chi connectivity index (χ4v) is 1.75. The minimum atomic E-state index is -0.537. The SMILES string of the molecule is O=[N+]([O-])c1ccc(C2=CCCC=C2)nc1Cl. The van der Waals surface area contributed by atoms with E-state index in [4.69, 9.17) is 11.6 Å². The summed E-state index contributed by atoms with van der Waals surface area (Å²) in [5.74, 6) is 0. The molecule has 0 atom stereocenters. The standard InChI is InChI=1S/C11H9ClN2O2/c12-11-10(14(15)16)7-6-9(13-11)8-4-2-1-3-5-8/h2,4-7H,1,3H2. The van der Waals surface area contributed by atoms with Crippen molar-refractivity contribution in [2.75, 3.05) is 0 Å². The summed E-state index contributed by atoms with van der Waals surface area (Å²) >= 11 is 5.74. The third-order valence-electron chi connectivity index (χ3n) is 2.32. The topological polar surface area (TPSA) is 56.0 Å². The molecule has 4 nitrogen and oxygen atoms in total. The van der Waals surface area contributed by atoms with Crippen molar-refractivity contribution in [1.82, 2.24) is 4.98 Å². The molecule has 0 fully saturated rings. The van der Waals surface area contributed by atoms with E-state index in [1.165, 1.54) is 6.07 Å². The van der Waals surface area contributed by atoms with Crippen molar-refractivity contribution >= 4 is 22.9 Å². The second-order valence-electron chi connectivity index (χ2n) is 3.40. The van der Waals surface area contributed by atoms with Gasteiger partial charge in [0.25, 0.3) is 0 Å². The van der Waals surface area contributed by atoms with Crippen molar-refractivity contribution in [3.05, 3.63) is 51.3 Å². The quantitative estimate of drug-likeness (QED) is 0.449. The Kier molecular flexibility index (Phi) is 3.01. The van der Waals surface area contributed by atoms with Gasteiger partial charge in [0.1, 0.15) is 0 Å². The van der Waals surface area contributed by atoms with Crippen LogP contribution in [0, 0.1) is 10.1 Å². The van der Waals surface area contributed by atoms with Crippen LogP contribution in [0.4, 0.5) is 5.69 Å². The average Bonchev–Trinajstić information content (AvgIpc) is 2.29. The predicted octanol–water partition coefficient (Wildman–Crippen LogP) is 3.38. The first kappa shape index (κ1) is 10.8. The Balaban J connectivity index is 2.38. The molecule has 0 aromatic carbocycles. The van der Waals surface area contributed by atoms with Gasteiger partial charge in [-0.15, -0.1) is 0 Å². The molecule has 1 heterocycles. The summed E-state index contributed by atoms with van der Waals surface area (Å²) in [6, 6.07) is 3.00. The van der Waals surface area contributed by atoms with Gasteiger partial charge < -0.3 is 0 Å². The molecular weight excluding hydrogens is 228 g/mol. The summed E-state index contributed by atoms with van der Waals surface area (Å²) in [7, 11) is 0. The van der Waals surface area contributed by atoms with Gasteiger partial charge in [-0.25, -0.2) is 4.98 Å². The predicted molar refractivity (Wildman–Crippen MR) is 62.3 cm³/mol. The third kappa shape index (κ3) is 2.12. The molecule has 1 aliphatic carbocycles. The van der Waals surface area contributed by atoms with Gasteiger partial charge in [0.2, 0.25) is 5.15 Å². The maximum Gasteiger partial charge on any atom is 0.306 e. The van der Waals surface area contributed by atoms with Crippen LogP contribution >= 0.6 is 11.6 Å². The maximum absolute atomic E-state index is 10.6. The Morgan fingerprint density at radius 2 is 2.19 bits per heavy atom. The Bertz CT molecular complexity index is 495. The van der Waals surface area contributed by atoms with Gasteiger partial charge >= 0.3 is 5.69 Å². The van der Waals surface area contributed by atoms with E-state index in [1.54, 1.807) is 6.07 Å². The first-order valence-electron chi connectivity index (χ1n) is 4.86. The molecule has 0 bridgehead atoms. The lowest BCUT2D eigenvalue weighted by atomic mass is 10.0. The monoisotopic (exact) mass is 236 g/mol. The maximum atomic E-state index is 10.6. The lowest BCUT2D eigenvalue weighted by Crippen LogP contribution is -1.95. The lowest BCUT2D eigenvalue weighted by molar-refractivity contribution is -0.385. The molecule has 1 aliphatic rings. The molecule has 0 radical (unpaired) electrons. The Labute approximate surface area is 97.4 Å². The van der Waals surface area contributed by atoms with Crippen LogP contribution in [0.3, 0.4) is 0 Å². The summed E-state index contributed by atoms with van der Waals surface area (Å²) < 4.78 is 0. The molecule has 0 spiro atoms. The molecule has 16 heavy (non-hydrogen) atoms. The largest absolute Gasteiger partial charge is 0.306 e. The number of aromatic nitrogens is 1. The molecule has 82 valence electrons. The molecule has 0 amide bonds. The number of nitrogens with zero attached hydrogens (tertiary/aromatic N) is 2. The normalized spacial score (nSPS) is 14.7. The fraction of sp³-hybridized carbons (Fsp3) is 0.182. The van der Waals surface area contributed by atoms with Gasteiger partial charge in [-0.3, -0.25) is 10.1 Å². The highest BCUT2D eigenvalue weighted by Gasteiger charge is 2.14. The van der Waals surface area contributed by atoms with Crippen molar-refractivity contribution < 1.29 is 4.92 Å². The molecule has 0 N–H and O–H groups in total. The van der Waals surface area contributed by atoms with Crippen LogP contribution in [0.25, 0.3) is 5.57 Å². The molecule has 0 unspecified atom stereocenters. The number of pyridine rings is 1. The number of allylic oxidation sites excluding steroid dienone is 4. The Morgan fingerprint density at radius 3 is 2.75 bits per heavy atom. The lowest BCUT2D eigenvalue weighted by Gasteiger charge is -2.06. The molecule has 0 saturated heterocycles. The molecule has 2 rings (SSSR count). The highest BCUT2D eigenvalue weighted by Crippen LogP contribution is 2.26. The number of hydrogen-bond donors (Lipinski definition) is 0. The van der Waals surface area contributed by atoms with Crippen molar-refractivity contribution in [2.24, 2.45) is 0 Å². The van der Waals surface area contributed by atoms with Crippen LogP contribution in [0.2, 0.25) is 5.15 Å². The van der Waals surface area contributed by atoms with Crippen molar-refractivity contribution in [3.8, 4) is 0 Å². The second-order valence-corrected chi connectivity index (χ2v) is 3.76. The van der Waals surface area contributed by atoms with E-state index in [1.807, 2.05) is 18.2 Å². The average molecular weight is 237 g/mol. The first-order valence-corrected chi connectivity index (χ1v) is 5.24. The van der Waals surface area contributed by atoms with Crippen molar-refractivity contribution in [2.45, 2.75) is 12.8 Å². The minimum Gasteiger partial charge on any atom is -0.258 e. The van der Waals surface area contributed by atoms with E-state index in [-0.39, 0.29) is 10.8 Å². The highest BCUT2D eigenvalue weighted by molar-refractivity contribution is 6.31. The molecule has 0 aliphatic heterocycles. The first-order chi connectivity index (χ1) is 7.68. The van der Waals surface area contributed by atoms with Crippen LogP contribution < -0.4 is 0 Å². The van der Waals surface area contributed by atoms with Gasteiger partial charge in [0.15, 0.2) is 0 Å². The zero-order chi connectivity index (χ0) is 11.5. The Hall–Kier alpha value is -1.68. The zero-order valence-corrected chi connectivity index (χ0v) is 9.15. The smallest absolute Gasteiger partial charge is 0.258 e. The number of rotatable bonds is 2. The van der Waals surface area contributed by atoms with Crippen LogP contribution in [0.5, 0.6) is 0 Å². The van der Waals surface area contributed by atoms with E-state index in [0.717, 1.165) is 18.4 Å². The highest BCUT2D eigenvalue weighted by atomic mass is 35.5. The van der Waals surface area contributed by atoms with Gasteiger partial charge in [0.05, 0.1) is 10.6 Å². The summed E-state index contributed by atoms with van der Waals surface area (Å²) in [5.41, 5.74) is 1.47. The molecular formula is C11H9ClN2O2. The zero-order valence-electron chi connectivity index (χ0n) is 8.39. The Morgan fingerprint density at radius 1 is 1.38 bits per heavy atom. The molecule has 1 aromatic heterocycles. The fourth-order valence-electron chi connectivity index (χ4n) is 1.53. The van der Waals surface area contributed by atoms with E-state index in [2.05, 4.69) is 4.98 Å².